The number of hydrogen-bond acceptors (Lipinski definition) is 4. The van der Waals surface area contributed by atoms with Crippen LogP contribution in [0.1, 0.15) is 5.69 Å². The van der Waals surface area contributed by atoms with Crippen molar-refractivity contribution < 1.29 is 17.9 Å². The molecule has 2 aromatic rings. The highest BCUT2D eigenvalue weighted by atomic mass is 19.4. The van der Waals surface area contributed by atoms with Crippen molar-refractivity contribution in [2.75, 3.05) is 5.32 Å². The number of ether oxygens (including phenoxy) is 1. The maximum atomic E-state index is 12.1. The molecule has 0 radical (unpaired) electrons. The number of aliphatic imine (C=N–C) groups is 1. The highest BCUT2D eigenvalue weighted by molar-refractivity contribution is 5.92. The molecular formula is C12H13F3N6O. The topological polar surface area (TPSA) is 90.4 Å². The van der Waals surface area contributed by atoms with Gasteiger partial charge in [-0.1, -0.05) is 6.07 Å². The Morgan fingerprint density at radius 3 is 2.86 bits per heavy atom. The van der Waals surface area contributed by atoms with Crippen LogP contribution in [0.4, 0.5) is 18.9 Å². The molecule has 10 heteroatoms. The zero-order chi connectivity index (χ0) is 16.2. The molecule has 0 aliphatic heterocycles. The molecular weight excluding hydrogens is 301 g/mol. The fraction of sp³-hybridized carbons (Fsp3) is 0.250. The van der Waals surface area contributed by atoms with Crippen LogP contribution in [-0.2, 0) is 13.6 Å². The number of aromatic nitrogens is 3. The number of anilines is 1. The van der Waals surface area contributed by atoms with E-state index in [9.17, 15) is 13.2 Å². The molecule has 22 heavy (non-hydrogen) atoms. The summed E-state index contributed by atoms with van der Waals surface area (Å²) >= 11 is 0. The summed E-state index contributed by atoms with van der Waals surface area (Å²) in [5.74, 6) is -0.311. The molecule has 3 N–H and O–H groups in total. The number of alkyl halides is 3. The van der Waals surface area contributed by atoms with Gasteiger partial charge in [0.1, 0.15) is 11.4 Å². The summed E-state index contributed by atoms with van der Waals surface area (Å²) < 4.78 is 40.2. The van der Waals surface area contributed by atoms with Gasteiger partial charge in [0.15, 0.2) is 5.96 Å². The molecule has 0 spiro atoms. The molecule has 0 unspecified atom stereocenters. The Morgan fingerprint density at radius 2 is 2.23 bits per heavy atom. The number of rotatable bonds is 4. The summed E-state index contributed by atoms with van der Waals surface area (Å²) in [5.41, 5.74) is 6.59. The van der Waals surface area contributed by atoms with Crippen LogP contribution in [-0.4, -0.2) is 27.3 Å². The van der Waals surface area contributed by atoms with Crippen LogP contribution in [0.25, 0.3) is 0 Å². The van der Waals surface area contributed by atoms with E-state index in [4.69, 9.17) is 5.73 Å². The molecule has 2 rings (SSSR count). The van der Waals surface area contributed by atoms with Crippen LogP contribution in [0, 0.1) is 0 Å². The van der Waals surface area contributed by atoms with Crippen molar-refractivity contribution in [1.29, 1.82) is 0 Å². The molecule has 0 fully saturated rings. The van der Waals surface area contributed by atoms with Crippen molar-refractivity contribution >= 4 is 11.6 Å². The molecule has 0 amide bonds. The molecule has 118 valence electrons. The lowest BCUT2D eigenvalue weighted by atomic mass is 10.3. The Hall–Kier alpha value is -2.78. The standard InChI is InChI=1S/C12H13F3N6O/c1-21-18-7-9(20-21)6-17-11(16)19-8-3-2-4-10(5-8)22-12(13,14)15/h2-5,7H,6H2,1H3,(H3,16,17,19). The minimum atomic E-state index is -4.75. The third-order valence-corrected chi connectivity index (χ3v) is 2.40. The van der Waals surface area contributed by atoms with Crippen molar-refractivity contribution in [3.05, 3.63) is 36.2 Å². The number of nitrogens with zero attached hydrogens (tertiary/aromatic N) is 4. The van der Waals surface area contributed by atoms with E-state index < -0.39 is 6.36 Å². The molecule has 0 bridgehead atoms. The van der Waals surface area contributed by atoms with Crippen LogP contribution in [0.3, 0.4) is 0 Å². The fourth-order valence-corrected chi connectivity index (χ4v) is 1.58. The van der Waals surface area contributed by atoms with Gasteiger partial charge in [-0.3, -0.25) is 0 Å². The summed E-state index contributed by atoms with van der Waals surface area (Å²) in [6.07, 6.45) is -3.21. The van der Waals surface area contributed by atoms with Gasteiger partial charge in [0, 0.05) is 18.8 Å². The van der Waals surface area contributed by atoms with Crippen molar-refractivity contribution in [2.24, 2.45) is 17.8 Å². The number of nitrogens with two attached hydrogens (primary N) is 1. The first-order valence-electron chi connectivity index (χ1n) is 6.10. The first-order valence-corrected chi connectivity index (χ1v) is 6.10. The highest BCUT2D eigenvalue weighted by Gasteiger charge is 2.31. The minimum absolute atomic E-state index is 0.0369. The van der Waals surface area contributed by atoms with E-state index in [-0.39, 0.29) is 18.3 Å². The van der Waals surface area contributed by atoms with Gasteiger partial charge in [-0.15, -0.1) is 13.2 Å². The van der Waals surface area contributed by atoms with Gasteiger partial charge in [0.05, 0.1) is 12.7 Å². The highest BCUT2D eigenvalue weighted by Crippen LogP contribution is 2.24. The van der Waals surface area contributed by atoms with Crippen LogP contribution >= 0.6 is 0 Å². The van der Waals surface area contributed by atoms with Gasteiger partial charge in [0.2, 0.25) is 0 Å². The molecule has 0 aliphatic carbocycles. The van der Waals surface area contributed by atoms with E-state index in [1.807, 2.05) is 0 Å². The van der Waals surface area contributed by atoms with E-state index >= 15 is 0 Å². The van der Waals surface area contributed by atoms with E-state index in [2.05, 4.69) is 25.2 Å². The molecule has 0 saturated heterocycles. The van der Waals surface area contributed by atoms with Gasteiger partial charge in [-0.05, 0) is 12.1 Å². The number of benzene rings is 1. The molecule has 1 heterocycles. The third kappa shape index (κ3) is 4.96. The number of hydrogen-bond donors (Lipinski definition) is 2. The Balaban J connectivity index is 1.98. The summed E-state index contributed by atoms with van der Waals surface area (Å²) in [4.78, 5) is 5.39. The second-order valence-electron chi connectivity index (χ2n) is 4.23. The zero-order valence-corrected chi connectivity index (χ0v) is 11.5. The van der Waals surface area contributed by atoms with Gasteiger partial charge < -0.3 is 15.8 Å². The Labute approximate surface area is 123 Å². The first-order chi connectivity index (χ1) is 10.3. The predicted molar refractivity (Wildman–Crippen MR) is 73.1 cm³/mol. The maximum absolute atomic E-state index is 12.1. The SMILES string of the molecule is Cn1ncc(CN=C(N)Nc2cccc(OC(F)(F)F)c2)n1. The number of aryl methyl sites for hydroxylation is 1. The zero-order valence-electron chi connectivity index (χ0n) is 11.5. The minimum Gasteiger partial charge on any atom is -0.406 e. The Bertz CT molecular complexity index is 667. The average Bonchev–Trinajstić information content (AvgIpc) is 2.81. The normalized spacial score (nSPS) is 12.3. The van der Waals surface area contributed by atoms with Crippen molar-refractivity contribution in [3.63, 3.8) is 0 Å². The second kappa shape index (κ2) is 6.33. The molecule has 0 aliphatic rings. The summed E-state index contributed by atoms with van der Waals surface area (Å²) in [5, 5.41) is 10.6. The van der Waals surface area contributed by atoms with Crippen molar-refractivity contribution in [1.82, 2.24) is 15.0 Å². The van der Waals surface area contributed by atoms with E-state index in [1.54, 1.807) is 7.05 Å². The number of nitrogens with one attached hydrogen (secondary N) is 1. The monoisotopic (exact) mass is 314 g/mol. The average molecular weight is 314 g/mol. The predicted octanol–water partition coefficient (Wildman–Crippen LogP) is 1.64. The van der Waals surface area contributed by atoms with E-state index in [0.29, 0.717) is 11.4 Å². The Kier molecular flexibility index (Phi) is 4.49. The lowest BCUT2D eigenvalue weighted by molar-refractivity contribution is -0.274. The lowest BCUT2D eigenvalue weighted by Crippen LogP contribution is -2.23. The van der Waals surface area contributed by atoms with Crippen LogP contribution in [0.5, 0.6) is 5.75 Å². The molecule has 1 aromatic carbocycles. The van der Waals surface area contributed by atoms with E-state index in [1.165, 1.54) is 29.2 Å². The van der Waals surface area contributed by atoms with Crippen LogP contribution in [0.2, 0.25) is 0 Å². The number of guanidine groups is 1. The van der Waals surface area contributed by atoms with Gasteiger partial charge in [-0.2, -0.15) is 15.0 Å². The molecule has 0 saturated carbocycles. The molecule has 0 atom stereocenters. The van der Waals surface area contributed by atoms with Gasteiger partial charge >= 0.3 is 6.36 Å². The van der Waals surface area contributed by atoms with Crippen molar-refractivity contribution in [3.8, 4) is 5.75 Å². The second-order valence-corrected chi connectivity index (χ2v) is 4.23. The molecule has 1 aromatic heterocycles. The summed E-state index contributed by atoms with van der Waals surface area (Å²) in [6.45, 7) is 0.200. The van der Waals surface area contributed by atoms with Crippen LogP contribution in [0.15, 0.2) is 35.5 Å². The van der Waals surface area contributed by atoms with Crippen LogP contribution < -0.4 is 15.8 Å². The third-order valence-electron chi connectivity index (χ3n) is 2.40. The van der Waals surface area contributed by atoms with E-state index in [0.717, 1.165) is 6.07 Å². The van der Waals surface area contributed by atoms with Gasteiger partial charge in [0.25, 0.3) is 0 Å². The maximum Gasteiger partial charge on any atom is 0.573 e. The summed E-state index contributed by atoms with van der Waals surface area (Å²) in [7, 11) is 1.67. The van der Waals surface area contributed by atoms with Crippen molar-refractivity contribution in [2.45, 2.75) is 12.9 Å². The first kappa shape index (κ1) is 15.6. The lowest BCUT2D eigenvalue weighted by Gasteiger charge is -2.10. The smallest absolute Gasteiger partial charge is 0.406 e. The van der Waals surface area contributed by atoms with Gasteiger partial charge in [-0.25, -0.2) is 4.99 Å². The summed E-state index contributed by atoms with van der Waals surface area (Å²) in [6, 6.07) is 5.29. The quantitative estimate of drug-likeness (QED) is 0.661. The number of halogens is 3. The molecule has 7 nitrogen and oxygen atoms in total. The largest absolute Gasteiger partial charge is 0.573 e. The fourth-order valence-electron chi connectivity index (χ4n) is 1.58. The Morgan fingerprint density at radius 1 is 1.45 bits per heavy atom.